The molecule has 6 nitrogen and oxygen atoms in total. The van der Waals surface area contributed by atoms with Crippen LogP contribution in [0.3, 0.4) is 0 Å². The number of rotatable bonds is 6. The summed E-state index contributed by atoms with van der Waals surface area (Å²) in [6.07, 6.45) is 2.25. The summed E-state index contributed by atoms with van der Waals surface area (Å²) < 4.78 is 5.11. The first-order valence-electron chi connectivity index (χ1n) is 7.68. The number of phenols is 1. The molecule has 1 aliphatic rings. The molecule has 0 aliphatic carbocycles. The van der Waals surface area contributed by atoms with Crippen molar-refractivity contribution in [3.8, 4) is 5.75 Å². The van der Waals surface area contributed by atoms with Crippen molar-refractivity contribution < 1.29 is 14.6 Å². The molecule has 2 rings (SSSR count). The fraction of sp³-hybridized carbons (Fsp3) is 0.562. The minimum atomic E-state index is -0.234. The first-order valence-corrected chi connectivity index (χ1v) is 7.68. The number of piperidine rings is 1. The summed E-state index contributed by atoms with van der Waals surface area (Å²) in [4.78, 5) is 14.5. The number of carbonyl (C=O) groups is 1. The maximum atomic E-state index is 12.2. The predicted molar refractivity (Wildman–Crippen MR) is 93.1 cm³/mol. The number of amides is 1. The standard InChI is InChI=1S/C16H25N3O3.ClH/c1-22-8-7-19-6-2-3-12(11-19)10-18-16(21)14-9-13(20)4-5-15(14)17;/h4-5,9,12,20H,2-3,6-8,10-11,17H2,1H3,(H,18,21);1H. The number of carbonyl (C=O) groups excluding carboxylic acids is 1. The lowest BCUT2D eigenvalue weighted by Gasteiger charge is -2.32. The number of methoxy groups -OCH3 is 1. The van der Waals surface area contributed by atoms with Crippen LogP contribution in [0.5, 0.6) is 5.75 Å². The van der Waals surface area contributed by atoms with Crippen molar-refractivity contribution in [3.63, 3.8) is 0 Å². The minimum absolute atomic E-state index is 0. The summed E-state index contributed by atoms with van der Waals surface area (Å²) in [7, 11) is 1.71. The summed E-state index contributed by atoms with van der Waals surface area (Å²) in [6.45, 7) is 4.35. The maximum absolute atomic E-state index is 12.2. The number of aromatic hydroxyl groups is 1. The van der Waals surface area contributed by atoms with Crippen LogP contribution in [-0.2, 0) is 4.74 Å². The van der Waals surface area contributed by atoms with E-state index in [9.17, 15) is 9.90 Å². The van der Waals surface area contributed by atoms with E-state index in [4.69, 9.17) is 10.5 Å². The number of nitrogens with two attached hydrogens (primary N) is 1. The van der Waals surface area contributed by atoms with Crippen LogP contribution >= 0.6 is 12.4 Å². The van der Waals surface area contributed by atoms with Gasteiger partial charge in [-0.25, -0.2) is 0 Å². The summed E-state index contributed by atoms with van der Waals surface area (Å²) in [6, 6.07) is 4.41. The highest BCUT2D eigenvalue weighted by molar-refractivity contribution is 5.99. The van der Waals surface area contributed by atoms with Gasteiger partial charge in [-0.3, -0.25) is 4.79 Å². The number of anilines is 1. The number of hydrogen-bond acceptors (Lipinski definition) is 5. The van der Waals surface area contributed by atoms with Crippen LogP contribution in [0.15, 0.2) is 18.2 Å². The molecule has 1 heterocycles. The third-order valence-electron chi connectivity index (χ3n) is 4.05. The molecule has 1 aliphatic heterocycles. The lowest BCUT2D eigenvalue weighted by Crippen LogP contribution is -2.42. The highest BCUT2D eigenvalue weighted by Crippen LogP contribution is 2.19. The van der Waals surface area contributed by atoms with Crippen LogP contribution in [-0.4, -0.2) is 55.8 Å². The van der Waals surface area contributed by atoms with Gasteiger partial charge in [0.15, 0.2) is 0 Å². The van der Waals surface area contributed by atoms with Crippen molar-refractivity contribution in [1.82, 2.24) is 10.2 Å². The van der Waals surface area contributed by atoms with Gasteiger partial charge in [-0.15, -0.1) is 12.4 Å². The molecular weight excluding hydrogens is 318 g/mol. The van der Waals surface area contributed by atoms with Crippen LogP contribution in [0.25, 0.3) is 0 Å². The molecule has 0 aromatic heterocycles. The molecular formula is C16H26ClN3O3. The molecule has 1 aromatic rings. The van der Waals surface area contributed by atoms with Gasteiger partial charge >= 0.3 is 0 Å². The summed E-state index contributed by atoms with van der Waals surface area (Å²) in [5.41, 5.74) is 6.48. The molecule has 1 fully saturated rings. The van der Waals surface area contributed by atoms with E-state index in [1.807, 2.05) is 0 Å². The SMILES string of the molecule is COCCN1CCCC(CNC(=O)c2cc(O)ccc2N)C1.Cl. The molecule has 23 heavy (non-hydrogen) atoms. The number of ether oxygens (including phenoxy) is 1. The molecule has 4 N–H and O–H groups in total. The fourth-order valence-corrected chi connectivity index (χ4v) is 2.81. The summed E-state index contributed by atoms with van der Waals surface area (Å²) >= 11 is 0. The van der Waals surface area contributed by atoms with Crippen molar-refractivity contribution in [2.75, 3.05) is 45.6 Å². The average molecular weight is 344 g/mol. The second-order valence-electron chi connectivity index (χ2n) is 5.78. The van der Waals surface area contributed by atoms with Crippen molar-refractivity contribution in [1.29, 1.82) is 0 Å². The predicted octanol–water partition coefficient (Wildman–Crippen LogP) is 1.48. The van der Waals surface area contributed by atoms with Crippen LogP contribution < -0.4 is 11.1 Å². The number of nitrogens with zero attached hydrogens (tertiary/aromatic N) is 1. The van der Waals surface area contributed by atoms with E-state index in [0.717, 1.165) is 39.1 Å². The largest absolute Gasteiger partial charge is 0.508 e. The van der Waals surface area contributed by atoms with Gasteiger partial charge in [-0.1, -0.05) is 0 Å². The Hall–Kier alpha value is -1.50. The second kappa shape index (κ2) is 9.60. The van der Waals surface area contributed by atoms with Gasteiger partial charge in [0.25, 0.3) is 5.91 Å². The van der Waals surface area contributed by atoms with Gasteiger partial charge in [0.1, 0.15) is 5.75 Å². The van der Waals surface area contributed by atoms with Gasteiger partial charge in [-0.2, -0.15) is 0 Å². The lowest BCUT2D eigenvalue weighted by atomic mass is 9.98. The number of halogens is 1. The minimum Gasteiger partial charge on any atom is -0.508 e. The van der Waals surface area contributed by atoms with Gasteiger partial charge in [-0.05, 0) is 43.5 Å². The molecule has 1 saturated heterocycles. The Labute approximate surface area is 143 Å². The number of hydrogen-bond donors (Lipinski definition) is 3. The van der Waals surface area contributed by atoms with Gasteiger partial charge < -0.3 is 25.8 Å². The molecule has 130 valence electrons. The molecule has 1 atom stereocenters. The third-order valence-corrected chi connectivity index (χ3v) is 4.05. The Balaban J connectivity index is 0.00000264. The van der Waals surface area contributed by atoms with Crippen molar-refractivity contribution >= 4 is 24.0 Å². The molecule has 0 saturated carbocycles. The van der Waals surface area contributed by atoms with Crippen LogP contribution in [0.2, 0.25) is 0 Å². The topological polar surface area (TPSA) is 87.8 Å². The summed E-state index contributed by atoms with van der Waals surface area (Å²) in [5, 5.41) is 12.4. The first kappa shape index (κ1) is 19.5. The Morgan fingerprint density at radius 2 is 2.30 bits per heavy atom. The zero-order chi connectivity index (χ0) is 15.9. The average Bonchev–Trinajstić information content (AvgIpc) is 2.53. The smallest absolute Gasteiger partial charge is 0.253 e. The number of phenolic OH excluding ortho intramolecular Hbond substituents is 1. The monoisotopic (exact) mass is 343 g/mol. The van der Waals surface area contributed by atoms with Crippen LogP contribution in [0.4, 0.5) is 5.69 Å². The normalized spacial score (nSPS) is 18.2. The molecule has 0 radical (unpaired) electrons. The van der Waals surface area contributed by atoms with Crippen molar-refractivity contribution in [3.05, 3.63) is 23.8 Å². The number of benzene rings is 1. The van der Waals surface area contributed by atoms with E-state index >= 15 is 0 Å². The molecule has 7 heteroatoms. The molecule has 1 amide bonds. The van der Waals surface area contributed by atoms with E-state index in [1.54, 1.807) is 7.11 Å². The Bertz CT molecular complexity index is 513. The van der Waals surface area contributed by atoms with Crippen LogP contribution in [0, 0.1) is 5.92 Å². The number of nitrogen functional groups attached to an aromatic ring is 1. The Morgan fingerprint density at radius 1 is 1.52 bits per heavy atom. The zero-order valence-electron chi connectivity index (χ0n) is 13.5. The fourth-order valence-electron chi connectivity index (χ4n) is 2.81. The van der Waals surface area contributed by atoms with E-state index < -0.39 is 0 Å². The third kappa shape index (κ3) is 5.89. The van der Waals surface area contributed by atoms with Gasteiger partial charge in [0, 0.05) is 32.4 Å². The van der Waals surface area contributed by atoms with E-state index in [-0.39, 0.29) is 24.1 Å². The van der Waals surface area contributed by atoms with E-state index in [0.29, 0.717) is 23.7 Å². The quantitative estimate of drug-likeness (QED) is 0.538. The maximum Gasteiger partial charge on any atom is 0.253 e. The van der Waals surface area contributed by atoms with Crippen molar-refractivity contribution in [2.45, 2.75) is 12.8 Å². The first-order chi connectivity index (χ1) is 10.6. The zero-order valence-corrected chi connectivity index (χ0v) is 14.3. The molecule has 0 spiro atoms. The highest BCUT2D eigenvalue weighted by atomic mass is 35.5. The Kier molecular flexibility index (Phi) is 8.16. The van der Waals surface area contributed by atoms with Crippen molar-refractivity contribution in [2.24, 2.45) is 5.92 Å². The lowest BCUT2D eigenvalue weighted by molar-refractivity contribution is 0.0913. The highest BCUT2D eigenvalue weighted by Gasteiger charge is 2.20. The molecule has 1 aromatic carbocycles. The van der Waals surface area contributed by atoms with Crippen LogP contribution in [0.1, 0.15) is 23.2 Å². The Morgan fingerprint density at radius 3 is 3.04 bits per heavy atom. The van der Waals surface area contributed by atoms with E-state index in [2.05, 4.69) is 10.2 Å². The summed E-state index contributed by atoms with van der Waals surface area (Å²) in [5.74, 6) is 0.248. The number of nitrogens with one attached hydrogen (secondary N) is 1. The van der Waals surface area contributed by atoms with Gasteiger partial charge in [0.05, 0.1) is 12.2 Å². The van der Waals surface area contributed by atoms with Gasteiger partial charge in [0.2, 0.25) is 0 Å². The molecule has 1 unspecified atom stereocenters. The molecule has 0 bridgehead atoms. The number of likely N-dealkylation sites (tertiary alicyclic amines) is 1. The second-order valence-corrected chi connectivity index (χ2v) is 5.78. The van der Waals surface area contributed by atoms with E-state index in [1.165, 1.54) is 18.2 Å².